The largest absolute Gasteiger partial charge is 0.391 e. The molecule has 2 amide bonds. The molecule has 3 aromatic carbocycles. The molecule has 2 aromatic heterocycles. The topological polar surface area (TPSA) is 173 Å². The van der Waals surface area contributed by atoms with E-state index >= 15 is 0 Å². The second-order valence-electron chi connectivity index (χ2n) is 18.2. The standard InChI is InChI=1S/C48H57N9O6S2/c1-29(2)45(48(60)56-27-37(58)25-40(56)47(59)50-30(3)33-5-7-34(8-6-33)46-31(4)49-28-64-46)41-26-44(52-63-41)55-21-19-53(20-22-55)16-13-32-14-17-54(18-15-32)35-9-11-38-42(23-35)65-43-24-36(57(61)62)10-12-39(43)51-38/h5-12,23-24,26,28-30,32,37,40,45,51,58H,13-22,25,27H2,1-4H3,(H,50,59)/t30-,37+,40-,45?/m0/s1. The number of anilines is 4. The summed E-state index contributed by atoms with van der Waals surface area (Å²) in [6.45, 7) is 14.4. The third kappa shape index (κ3) is 9.74. The van der Waals surface area contributed by atoms with Crippen LogP contribution in [0.15, 0.2) is 86.6 Å². The Labute approximate surface area is 387 Å². The van der Waals surface area contributed by atoms with E-state index in [4.69, 9.17) is 4.52 Å². The minimum Gasteiger partial charge on any atom is -0.391 e. The average molecular weight is 920 g/mol. The predicted octanol–water partition coefficient (Wildman–Crippen LogP) is 8.23. The Morgan fingerprint density at radius 1 is 0.954 bits per heavy atom. The Morgan fingerprint density at radius 3 is 2.37 bits per heavy atom. The van der Waals surface area contributed by atoms with Crippen LogP contribution in [0.5, 0.6) is 0 Å². The van der Waals surface area contributed by atoms with Crippen molar-refractivity contribution in [2.75, 3.05) is 67.5 Å². The Hall–Kier alpha value is -5.49. The SMILES string of the molecule is Cc1ncsc1-c1ccc([C@H](C)NC(=O)[C@@H]2C[C@@H](O)CN2C(=O)C(c2cc(N3CCN(CCC4CCN(c5ccc6c(c5)Sc5cc([N+](=O)[O-])ccc5N6)CC4)CC3)no2)C(C)C)cc1. The summed E-state index contributed by atoms with van der Waals surface area (Å²) in [6, 6.07) is 20.3. The minimum atomic E-state index is -0.803. The van der Waals surface area contributed by atoms with Crippen LogP contribution in [0.4, 0.5) is 28.6 Å². The fourth-order valence-electron chi connectivity index (χ4n) is 9.71. The number of piperidine rings is 1. The number of carbonyl (C=O) groups excluding carboxylic acids is 2. The zero-order valence-corrected chi connectivity index (χ0v) is 38.9. The van der Waals surface area contributed by atoms with Crippen LogP contribution >= 0.6 is 23.1 Å². The van der Waals surface area contributed by atoms with Crippen LogP contribution in [-0.4, -0.2) is 106 Å². The van der Waals surface area contributed by atoms with Crippen molar-refractivity contribution in [1.29, 1.82) is 0 Å². The lowest BCUT2D eigenvalue weighted by Crippen LogP contribution is -2.48. The first-order valence-electron chi connectivity index (χ1n) is 22.7. The normalized spacial score (nSPS) is 20.0. The number of nitrogens with one attached hydrogen (secondary N) is 2. The summed E-state index contributed by atoms with van der Waals surface area (Å²) in [4.78, 5) is 55.2. The van der Waals surface area contributed by atoms with Gasteiger partial charge in [0.2, 0.25) is 11.8 Å². The first-order chi connectivity index (χ1) is 31.4. The number of nitro benzene ring substituents is 1. The van der Waals surface area contributed by atoms with Gasteiger partial charge >= 0.3 is 0 Å². The molecule has 6 heterocycles. The molecule has 0 radical (unpaired) electrons. The molecule has 65 heavy (non-hydrogen) atoms. The molecule has 9 rings (SSSR count). The molecule has 342 valence electrons. The van der Waals surface area contributed by atoms with Crippen LogP contribution in [0.2, 0.25) is 0 Å². The summed E-state index contributed by atoms with van der Waals surface area (Å²) in [5.74, 6) is 0.533. The molecule has 3 N–H and O–H groups in total. The second kappa shape index (κ2) is 19.2. The van der Waals surface area contributed by atoms with E-state index in [9.17, 15) is 24.8 Å². The number of nitrogens with zero attached hydrogens (tertiary/aromatic N) is 7. The number of hydrogen-bond donors (Lipinski definition) is 3. The lowest BCUT2D eigenvalue weighted by atomic mass is 9.91. The molecule has 15 nitrogen and oxygen atoms in total. The molecule has 4 atom stereocenters. The van der Waals surface area contributed by atoms with Crippen molar-refractivity contribution in [2.45, 2.75) is 87.3 Å². The highest BCUT2D eigenvalue weighted by Gasteiger charge is 2.44. The van der Waals surface area contributed by atoms with Gasteiger partial charge in [-0.2, -0.15) is 0 Å². The Balaban J connectivity index is 0.740. The van der Waals surface area contributed by atoms with Crippen LogP contribution < -0.4 is 20.4 Å². The second-order valence-corrected chi connectivity index (χ2v) is 20.2. The Bertz CT molecular complexity index is 2510. The summed E-state index contributed by atoms with van der Waals surface area (Å²) >= 11 is 3.18. The highest BCUT2D eigenvalue weighted by Crippen LogP contribution is 2.47. The lowest BCUT2D eigenvalue weighted by Gasteiger charge is -2.37. The van der Waals surface area contributed by atoms with Gasteiger partial charge in [-0.1, -0.05) is 55.0 Å². The number of aryl methyl sites for hydroxylation is 1. The summed E-state index contributed by atoms with van der Waals surface area (Å²) in [7, 11) is 0. The van der Waals surface area contributed by atoms with Gasteiger partial charge in [-0.25, -0.2) is 4.98 Å². The quantitative estimate of drug-likeness (QED) is 0.0748. The lowest BCUT2D eigenvalue weighted by molar-refractivity contribution is -0.385. The molecule has 0 bridgehead atoms. The number of aliphatic hydroxyl groups excluding tert-OH is 1. The van der Waals surface area contributed by atoms with Gasteiger partial charge in [0.05, 0.1) is 44.5 Å². The number of nitro groups is 1. The number of β-amino-alcohol motifs (C(OH)–C–C–N with tert-alkyl or cyclic N) is 1. The number of rotatable bonds is 13. The van der Waals surface area contributed by atoms with Crippen molar-refractivity contribution in [1.82, 2.24) is 25.3 Å². The number of fused-ring (bicyclic) bond motifs is 2. The van der Waals surface area contributed by atoms with E-state index in [2.05, 4.69) is 53.7 Å². The minimum absolute atomic E-state index is 0.0818. The maximum Gasteiger partial charge on any atom is 0.270 e. The monoisotopic (exact) mass is 919 g/mol. The molecule has 0 saturated carbocycles. The third-order valence-corrected chi connectivity index (χ3v) is 15.7. The number of likely N-dealkylation sites (tertiary alicyclic amines) is 1. The number of hydrogen-bond acceptors (Lipinski definition) is 14. The van der Waals surface area contributed by atoms with E-state index in [1.165, 1.54) is 16.7 Å². The van der Waals surface area contributed by atoms with Gasteiger partial charge in [0.15, 0.2) is 11.6 Å². The fraction of sp³-hybridized carbons (Fsp3) is 0.458. The van der Waals surface area contributed by atoms with Crippen LogP contribution in [-0.2, 0) is 9.59 Å². The molecule has 5 aromatic rings. The third-order valence-electron chi connectivity index (χ3n) is 13.6. The molecule has 3 saturated heterocycles. The number of piperazine rings is 1. The van der Waals surface area contributed by atoms with Crippen molar-refractivity contribution in [2.24, 2.45) is 11.8 Å². The number of aromatic nitrogens is 2. The average Bonchev–Trinajstić information content (AvgIpc) is 4.08. The smallest absolute Gasteiger partial charge is 0.270 e. The number of amides is 2. The van der Waals surface area contributed by atoms with Crippen molar-refractivity contribution in [3.05, 3.63) is 99.4 Å². The van der Waals surface area contributed by atoms with Gasteiger partial charge in [-0.3, -0.25) is 24.6 Å². The number of carbonyl (C=O) groups is 2. The highest BCUT2D eigenvalue weighted by molar-refractivity contribution is 7.99. The van der Waals surface area contributed by atoms with Gasteiger partial charge in [-0.05, 0) is 86.9 Å². The number of benzene rings is 3. The summed E-state index contributed by atoms with van der Waals surface area (Å²) in [6.07, 6.45) is 2.80. The first kappa shape index (κ1) is 44.7. The van der Waals surface area contributed by atoms with Gasteiger partial charge in [-0.15, -0.1) is 11.3 Å². The summed E-state index contributed by atoms with van der Waals surface area (Å²) in [5.41, 5.74) is 8.05. The predicted molar refractivity (Wildman–Crippen MR) is 254 cm³/mol. The zero-order chi connectivity index (χ0) is 45.4. The maximum atomic E-state index is 14.3. The molecule has 4 aliphatic rings. The van der Waals surface area contributed by atoms with Crippen LogP contribution in [0.3, 0.4) is 0 Å². The molecule has 3 fully saturated rings. The van der Waals surface area contributed by atoms with E-state index < -0.39 is 18.1 Å². The molecular weight excluding hydrogens is 863 g/mol. The maximum absolute atomic E-state index is 14.3. The molecule has 0 spiro atoms. The van der Waals surface area contributed by atoms with Gasteiger partial charge in [0, 0.05) is 85.9 Å². The number of non-ortho nitro benzene ring substituents is 1. The number of thiazole rings is 1. The Kier molecular flexibility index (Phi) is 13.2. The van der Waals surface area contributed by atoms with Crippen molar-refractivity contribution < 1.29 is 24.1 Å². The summed E-state index contributed by atoms with van der Waals surface area (Å²) < 4.78 is 5.91. The van der Waals surface area contributed by atoms with Crippen LogP contribution in [0.1, 0.15) is 75.4 Å². The zero-order valence-electron chi connectivity index (χ0n) is 37.3. The van der Waals surface area contributed by atoms with Gasteiger partial charge in [0.25, 0.3) is 5.69 Å². The highest BCUT2D eigenvalue weighted by atomic mass is 32.2. The molecule has 4 aliphatic heterocycles. The Morgan fingerprint density at radius 2 is 1.68 bits per heavy atom. The fourth-order valence-corrected chi connectivity index (χ4v) is 11.6. The van der Waals surface area contributed by atoms with Crippen LogP contribution in [0.25, 0.3) is 10.4 Å². The van der Waals surface area contributed by atoms with Crippen molar-refractivity contribution in [3.63, 3.8) is 0 Å². The van der Waals surface area contributed by atoms with E-state index in [0.717, 1.165) is 108 Å². The van der Waals surface area contributed by atoms with Gasteiger partial charge in [0.1, 0.15) is 12.0 Å². The van der Waals surface area contributed by atoms with E-state index in [1.807, 2.05) is 63.5 Å². The molecular formula is C48H57N9O6S2. The van der Waals surface area contributed by atoms with Gasteiger partial charge < -0.3 is 35.0 Å². The summed E-state index contributed by atoms with van der Waals surface area (Å²) in [5, 5.41) is 33.1. The van der Waals surface area contributed by atoms with E-state index in [-0.39, 0.29) is 47.4 Å². The van der Waals surface area contributed by atoms with E-state index in [1.54, 1.807) is 35.2 Å². The molecule has 0 aliphatic carbocycles. The van der Waals surface area contributed by atoms with Crippen molar-refractivity contribution in [3.8, 4) is 10.4 Å². The van der Waals surface area contributed by atoms with Crippen molar-refractivity contribution >= 4 is 63.5 Å². The van der Waals surface area contributed by atoms with Crippen LogP contribution in [0, 0.1) is 28.9 Å². The molecule has 17 heteroatoms. The van der Waals surface area contributed by atoms with E-state index in [0.29, 0.717) is 17.5 Å². The first-order valence-corrected chi connectivity index (χ1v) is 24.4. The number of aliphatic hydroxyl groups is 1. The molecule has 1 unspecified atom stereocenters.